The van der Waals surface area contributed by atoms with E-state index in [-0.39, 0.29) is 0 Å². The van der Waals surface area contributed by atoms with Crippen molar-refractivity contribution in [3.63, 3.8) is 0 Å². The number of hydrogen-bond donors (Lipinski definition) is 1. The van der Waals surface area contributed by atoms with E-state index in [9.17, 15) is 0 Å². The lowest BCUT2D eigenvalue weighted by atomic mass is 9.79. The Labute approximate surface area is 125 Å². The predicted octanol–water partition coefficient (Wildman–Crippen LogP) is 3.87. The van der Waals surface area contributed by atoms with Gasteiger partial charge >= 0.3 is 0 Å². The lowest BCUT2D eigenvalue weighted by Gasteiger charge is -2.49. The number of piperazine rings is 1. The molecule has 2 nitrogen and oxygen atoms in total. The molecule has 2 heteroatoms. The van der Waals surface area contributed by atoms with E-state index in [1.54, 1.807) is 5.57 Å². The summed E-state index contributed by atoms with van der Waals surface area (Å²) >= 11 is 0. The predicted molar refractivity (Wildman–Crippen MR) is 86.0 cm³/mol. The van der Waals surface area contributed by atoms with Crippen LogP contribution in [0.4, 0.5) is 0 Å². The third-order valence-electron chi connectivity index (χ3n) is 5.82. The van der Waals surface area contributed by atoms with E-state index in [0.29, 0.717) is 11.6 Å². The standard InChI is InChI=1S/C18H32N2/c1-16-14-19-18(11-6-3-7-12-18)15-20(16)13-10-17-8-4-2-5-9-17/h8,16,19H,2-7,9-15H2,1H3. The minimum Gasteiger partial charge on any atom is -0.308 e. The van der Waals surface area contributed by atoms with E-state index in [1.807, 2.05) is 0 Å². The van der Waals surface area contributed by atoms with Crippen LogP contribution in [0.15, 0.2) is 11.6 Å². The molecular formula is C18H32N2. The molecule has 1 N–H and O–H groups in total. The zero-order valence-corrected chi connectivity index (χ0v) is 13.3. The summed E-state index contributed by atoms with van der Waals surface area (Å²) in [5, 5.41) is 3.90. The average molecular weight is 276 g/mol. The lowest BCUT2D eigenvalue weighted by Crippen LogP contribution is -2.64. The SMILES string of the molecule is CC1CNC2(CCCCC2)CN1CCC1=CCCCC1. The molecule has 114 valence electrons. The van der Waals surface area contributed by atoms with Crippen molar-refractivity contribution in [2.45, 2.75) is 82.7 Å². The van der Waals surface area contributed by atoms with Gasteiger partial charge in [0.1, 0.15) is 0 Å². The van der Waals surface area contributed by atoms with E-state index in [4.69, 9.17) is 0 Å². The van der Waals surface area contributed by atoms with Crippen molar-refractivity contribution in [1.29, 1.82) is 0 Å². The van der Waals surface area contributed by atoms with Crippen molar-refractivity contribution in [2.24, 2.45) is 0 Å². The average Bonchev–Trinajstić information content (AvgIpc) is 2.50. The summed E-state index contributed by atoms with van der Waals surface area (Å²) in [4.78, 5) is 2.78. The molecule has 0 aromatic heterocycles. The van der Waals surface area contributed by atoms with Gasteiger partial charge in [0.2, 0.25) is 0 Å². The Morgan fingerprint density at radius 1 is 1.20 bits per heavy atom. The minimum absolute atomic E-state index is 0.464. The Morgan fingerprint density at radius 3 is 2.80 bits per heavy atom. The van der Waals surface area contributed by atoms with Gasteiger partial charge in [0.05, 0.1) is 0 Å². The first-order chi connectivity index (χ1) is 9.77. The second-order valence-electron chi connectivity index (χ2n) is 7.40. The molecule has 1 aliphatic heterocycles. The zero-order valence-electron chi connectivity index (χ0n) is 13.3. The van der Waals surface area contributed by atoms with Crippen molar-refractivity contribution >= 4 is 0 Å². The molecule has 1 spiro atoms. The van der Waals surface area contributed by atoms with E-state index in [1.165, 1.54) is 83.8 Å². The molecule has 20 heavy (non-hydrogen) atoms. The third kappa shape index (κ3) is 3.46. The molecule has 0 amide bonds. The van der Waals surface area contributed by atoms with Gasteiger partial charge in [0.15, 0.2) is 0 Å². The van der Waals surface area contributed by atoms with E-state index < -0.39 is 0 Å². The van der Waals surface area contributed by atoms with Crippen molar-refractivity contribution in [3.8, 4) is 0 Å². The monoisotopic (exact) mass is 276 g/mol. The van der Waals surface area contributed by atoms with Gasteiger partial charge in [0.25, 0.3) is 0 Å². The molecule has 1 unspecified atom stereocenters. The maximum absolute atomic E-state index is 3.90. The molecule has 1 heterocycles. The van der Waals surface area contributed by atoms with Gasteiger partial charge in [-0.15, -0.1) is 0 Å². The van der Waals surface area contributed by atoms with Gasteiger partial charge in [-0.05, 0) is 51.9 Å². The van der Waals surface area contributed by atoms with Crippen molar-refractivity contribution < 1.29 is 0 Å². The normalized spacial score (nSPS) is 31.2. The van der Waals surface area contributed by atoms with Crippen LogP contribution in [0.1, 0.15) is 71.1 Å². The van der Waals surface area contributed by atoms with Crippen LogP contribution in [-0.4, -0.2) is 36.1 Å². The second kappa shape index (κ2) is 6.62. The van der Waals surface area contributed by atoms with Crippen LogP contribution in [0.25, 0.3) is 0 Å². The van der Waals surface area contributed by atoms with E-state index in [0.717, 1.165) is 0 Å². The summed E-state index contributed by atoms with van der Waals surface area (Å²) in [6.45, 7) is 6.18. The topological polar surface area (TPSA) is 15.3 Å². The van der Waals surface area contributed by atoms with Gasteiger partial charge in [0, 0.05) is 31.2 Å². The largest absolute Gasteiger partial charge is 0.308 e. The zero-order chi connectivity index (χ0) is 13.8. The number of nitrogens with one attached hydrogen (secondary N) is 1. The van der Waals surface area contributed by atoms with Gasteiger partial charge < -0.3 is 5.32 Å². The van der Waals surface area contributed by atoms with Crippen LogP contribution in [0, 0.1) is 0 Å². The van der Waals surface area contributed by atoms with Crippen LogP contribution >= 0.6 is 0 Å². The first-order valence-electron chi connectivity index (χ1n) is 8.94. The maximum atomic E-state index is 3.90. The van der Waals surface area contributed by atoms with Crippen LogP contribution in [-0.2, 0) is 0 Å². The van der Waals surface area contributed by atoms with Crippen LogP contribution in [0.3, 0.4) is 0 Å². The van der Waals surface area contributed by atoms with Gasteiger partial charge in [-0.2, -0.15) is 0 Å². The van der Waals surface area contributed by atoms with Gasteiger partial charge in [-0.25, -0.2) is 0 Å². The smallest absolute Gasteiger partial charge is 0.0309 e. The highest BCUT2D eigenvalue weighted by Crippen LogP contribution is 2.32. The number of allylic oxidation sites excluding steroid dienone is 1. The van der Waals surface area contributed by atoms with Crippen LogP contribution in [0.5, 0.6) is 0 Å². The molecule has 0 radical (unpaired) electrons. The van der Waals surface area contributed by atoms with Crippen LogP contribution < -0.4 is 5.32 Å². The minimum atomic E-state index is 0.464. The van der Waals surface area contributed by atoms with E-state index in [2.05, 4.69) is 23.2 Å². The fourth-order valence-electron chi connectivity index (χ4n) is 4.38. The highest BCUT2D eigenvalue weighted by Gasteiger charge is 2.38. The Morgan fingerprint density at radius 2 is 2.05 bits per heavy atom. The first-order valence-corrected chi connectivity index (χ1v) is 8.94. The molecule has 0 bridgehead atoms. The van der Waals surface area contributed by atoms with E-state index >= 15 is 0 Å². The Bertz CT molecular complexity index is 341. The number of rotatable bonds is 3. The molecule has 0 aromatic carbocycles. The Hall–Kier alpha value is -0.340. The number of hydrogen-bond acceptors (Lipinski definition) is 2. The maximum Gasteiger partial charge on any atom is 0.0309 e. The summed E-state index contributed by atoms with van der Waals surface area (Å²) < 4.78 is 0. The molecule has 1 saturated heterocycles. The molecule has 2 fully saturated rings. The fraction of sp³-hybridized carbons (Fsp3) is 0.889. The summed E-state index contributed by atoms with van der Waals surface area (Å²) in [6.07, 6.45) is 16.5. The highest BCUT2D eigenvalue weighted by atomic mass is 15.2. The summed E-state index contributed by atoms with van der Waals surface area (Å²) in [5.41, 5.74) is 2.20. The lowest BCUT2D eigenvalue weighted by molar-refractivity contribution is 0.0635. The third-order valence-corrected chi connectivity index (χ3v) is 5.82. The molecule has 3 aliphatic rings. The molecule has 3 rings (SSSR count). The highest BCUT2D eigenvalue weighted by molar-refractivity contribution is 5.06. The molecule has 2 aliphatic carbocycles. The molecule has 0 aromatic rings. The summed E-state index contributed by atoms with van der Waals surface area (Å²) in [5.74, 6) is 0. The fourth-order valence-corrected chi connectivity index (χ4v) is 4.38. The summed E-state index contributed by atoms with van der Waals surface area (Å²) in [6, 6.07) is 0.715. The Balaban J connectivity index is 1.55. The van der Waals surface area contributed by atoms with Gasteiger partial charge in [-0.3, -0.25) is 4.90 Å². The van der Waals surface area contributed by atoms with Crippen LogP contribution in [0.2, 0.25) is 0 Å². The summed E-state index contributed by atoms with van der Waals surface area (Å²) in [7, 11) is 0. The van der Waals surface area contributed by atoms with Crippen molar-refractivity contribution in [2.75, 3.05) is 19.6 Å². The first kappa shape index (κ1) is 14.6. The molecule has 1 atom stereocenters. The van der Waals surface area contributed by atoms with Gasteiger partial charge in [-0.1, -0.05) is 30.9 Å². The number of nitrogens with zero attached hydrogens (tertiary/aromatic N) is 1. The second-order valence-corrected chi connectivity index (χ2v) is 7.40. The Kier molecular flexibility index (Phi) is 4.83. The molecule has 1 saturated carbocycles. The van der Waals surface area contributed by atoms with Crippen molar-refractivity contribution in [1.82, 2.24) is 10.2 Å². The quantitative estimate of drug-likeness (QED) is 0.787. The van der Waals surface area contributed by atoms with Crippen molar-refractivity contribution in [3.05, 3.63) is 11.6 Å². The molecular weight excluding hydrogens is 244 g/mol.